The highest BCUT2D eigenvalue weighted by atomic mass is 32.1. The van der Waals surface area contributed by atoms with Crippen molar-refractivity contribution >= 4 is 34.3 Å². The normalized spacial score (nSPS) is 12.4. The maximum absolute atomic E-state index is 12.2. The fraction of sp³-hybridized carbons (Fsp3) is 0.357. The molecule has 2 aromatic rings. The van der Waals surface area contributed by atoms with Gasteiger partial charge in [-0.1, -0.05) is 0 Å². The van der Waals surface area contributed by atoms with Gasteiger partial charge in [-0.15, -0.1) is 11.3 Å². The number of aryl methyl sites for hydroxylation is 1. The standard InChI is InChI=1S/C14H17N3O3S2/c1-9-11(17(19)20)6-13(22-9)14(18)15-7-12(16(2)3)10-4-5-21-8-10/h4-6,8,12H,7H2,1-3H3,(H,15,18)/t12-/m1/s1. The number of hydrogen-bond donors (Lipinski definition) is 1. The quantitative estimate of drug-likeness (QED) is 0.648. The average molecular weight is 339 g/mol. The molecule has 0 unspecified atom stereocenters. The molecule has 0 radical (unpaired) electrons. The molecular formula is C14H17N3O3S2. The molecule has 0 spiro atoms. The zero-order chi connectivity index (χ0) is 16.3. The first-order valence-corrected chi connectivity index (χ1v) is 8.37. The Kier molecular flexibility index (Phi) is 5.28. The summed E-state index contributed by atoms with van der Waals surface area (Å²) in [6.45, 7) is 2.10. The number of carbonyl (C=O) groups is 1. The predicted molar refractivity (Wildman–Crippen MR) is 88.8 cm³/mol. The monoisotopic (exact) mass is 339 g/mol. The van der Waals surface area contributed by atoms with Gasteiger partial charge in [0.05, 0.1) is 20.7 Å². The summed E-state index contributed by atoms with van der Waals surface area (Å²) in [7, 11) is 3.91. The summed E-state index contributed by atoms with van der Waals surface area (Å²) < 4.78 is 0. The van der Waals surface area contributed by atoms with Crippen molar-refractivity contribution in [2.75, 3.05) is 20.6 Å². The van der Waals surface area contributed by atoms with Crippen molar-refractivity contribution in [1.82, 2.24) is 10.2 Å². The van der Waals surface area contributed by atoms with E-state index in [2.05, 4.69) is 10.7 Å². The second-order valence-electron chi connectivity index (χ2n) is 5.06. The highest BCUT2D eigenvalue weighted by molar-refractivity contribution is 7.14. The van der Waals surface area contributed by atoms with E-state index in [0.29, 0.717) is 16.3 Å². The Balaban J connectivity index is 2.05. The Morgan fingerprint density at radius 3 is 2.73 bits per heavy atom. The highest BCUT2D eigenvalue weighted by Gasteiger charge is 2.21. The largest absolute Gasteiger partial charge is 0.349 e. The molecule has 0 aliphatic rings. The lowest BCUT2D eigenvalue weighted by atomic mass is 10.1. The van der Waals surface area contributed by atoms with Gasteiger partial charge in [-0.05, 0) is 43.4 Å². The van der Waals surface area contributed by atoms with Gasteiger partial charge >= 0.3 is 0 Å². The zero-order valence-corrected chi connectivity index (χ0v) is 14.2. The van der Waals surface area contributed by atoms with Gasteiger partial charge in [0.2, 0.25) is 0 Å². The van der Waals surface area contributed by atoms with Gasteiger partial charge in [0.15, 0.2) is 0 Å². The van der Waals surface area contributed by atoms with Crippen LogP contribution in [-0.2, 0) is 0 Å². The van der Waals surface area contributed by atoms with E-state index in [1.807, 2.05) is 30.4 Å². The number of thiophene rings is 2. The van der Waals surface area contributed by atoms with Crippen LogP contribution >= 0.6 is 22.7 Å². The van der Waals surface area contributed by atoms with Crippen molar-refractivity contribution < 1.29 is 9.72 Å². The molecule has 1 N–H and O–H groups in total. The minimum absolute atomic E-state index is 0.00264. The number of hydrogen-bond acceptors (Lipinski definition) is 6. The van der Waals surface area contributed by atoms with Crippen LogP contribution in [0.5, 0.6) is 0 Å². The summed E-state index contributed by atoms with van der Waals surface area (Å²) in [5.41, 5.74) is 1.14. The molecule has 1 atom stereocenters. The molecule has 0 saturated carbocycles. The summed E-state index contributed by atoms with van der Waals surface area (Å²) in [6, 6.07) is 3.44. The molecule has 0 saturated heterocycles. The van der Waals surface area contributed by atoms with E-state index in [1.54, 1.807) is 18.3 Å². The van der Waals surface area contributed by atoms with E-state index in [4.69, 9.17) is 0 Å². The molecule has 2 aromatic heterocycles. The first-order valence-electron chi connectivity index (χ1n) is 6.61. The predicted octanol–water partition coefficient (Wildman–Crippen LogP) is 3.06. The lowest BCUT2D eigenvalue weighted by Gasteiger charge is -2.23. The summed E-state index contributed by atoms with van der Waals surface area (Å²) in [5, 5.41) is 17.8. The van der Waals surface area contributed by atoms with Crippen molar-refractivity contribution in [2.45, 2.75) is 13.0 Å². The molecule has 1 amide bonds. The molecular weight excluding hydrogens is 322 g/mol. The second-order valence-corrected chi connectivity index (χ2v) is 7.09. The molecule has 0 fully saturated rings. The first kappa shape index (κ1) is 16.6. The van der Waals surface area contributed by atoms with Crippen molar-refractivity contribution in [3.63, 3.8) is 0 Å². The van der Waals surface area contributed by atoms with Gasteiger partial charge in [0, 0.05) is 12.6 Å². The van der Waals surface area contributed by atoms with Crippen molar-refractivity contribution in [2.24, 2.45) is 0 Å². The topological polar surface area (TPSA) is 75.5 Å². The average Bonchev–Trinajstić information content (AvgIpc) is 3.07. The van der Waals surface area contributed by atoms with Crippen LogP contribution in [0, 0.1) is 17.0 Å². The van der Waals surface area contributed by atoms with Crippen molar-refractivity contribution in [3.05, 3.63) is 48.3 Å². The van der Waals surface area contributed by atoms with E-state index in [9.17, 15) is 14.9 Å². The molecule has 2 heterocycles. The van der Waals surface area contributed by atoms with Gasteiger partial charge in [-0.25, -0.2) is 0 Å². The van der Waals surface area contributed by atoms with Crippen LogP contribution in [0.4, 0.5) is 5.69 Å². The van der Waals surface area contributed by atoms with Crippen LogP contribution in [0.2, 0.25) is 0 Å². The number of nitro groups is 1. The van der Waals surface area contributed by atoms with E-state index in [-0.39, 0.29) is 17.6 Å². The Bertz CT molecular complexity index is 665. The number of rotatable bonds is 6. The summed E-state index contributed by atoms with van der Waals surface area (Å²) in [6.07, 6.45) is 0. The second kappa shape index (κ2) is 6.99. The first-order chi connectivity index (χ1) is 10.4. The molecule has 0 bridgehead atoms. The van der Waals surface area contributed by atoms with E-state index in [0.717, 1.165) is 16.9 Å². The Hall–Kier alpha value is -1.77. The van der Waals surface area contributed by atoms with E-state index >= 15 is 0 Å². The Labute approximate surface area is 136 Å². The van der Waals surface area contributed by atoms with Crippen molar-refractivity contribution in [3.8, 4) is 0 Å². The number of carbonyl (C=O) groups excluding carboxylic acids is 1. The van der Waals surface area contributed by atoms with Crippen LogP contribution in [0.1, 0.15) is 26.2 Å². The SMILES string of the molecule is Cc1sc(C(=O)NC[C@H](c2ccsc2)N(C)C)cc1[N+](=O)[O-]. The van der Waals surface area contributed by atoms with Gasteiger partial charge in [0.1, 0.15) is 0 Å². The smallest absolute Gasteiger partial charge is 0.283 e. The van der Waals surface area contributed by atoms with E-state index in [1.165, 1.54) is 6.07 Å². The number of nitrogens with one attached hydrogen (secondary N) is 1. The molecule has 118 valence electrons. The highest BCUT2D eigenvalue weighted by Crippen LogP contribution is 2.28. The Morgan fingerprint density at radius 2 is 2.23 bits per heavy atom. The van der Waals surface area contributed by atoms with E-state index < -0.39 is 4.92 Å². The summed E-state index contributed by atoms with van der Waals surface area (Å²) in [5.74, 6) is -0.275. The third-order valence-electron chi connectivity index (χ3n) is 3.32. The minimum atomic E-state index is -0.462. The van der Waals surface area contributed by atoms with Gasteiger partial charge in [-0.3, -0.25) is 14.9 Å². The van der Waals surface area contributed by atoms with Crippen LogP contribution in [0.25, 0.3) is 0 Å². The maximum Gasteiger partial charge on any atom is 0.283 e. The molecule has 0 aromatic carbocycles. The fourth-order valence-corrected chi connectivity index (χ4v) is 3.72. The molecule has 2 rings (SSSR count). The van der Waals surface area contributed by atoms with Gasteiger partial charge in [-0.2, -0.15) is 11.3 Å². The lowest BCUT2D eigenvalue weighted by Crippen LogP contribution is -2.34. The van der Waals surface area contributed by atoms with Gasteiger partial charge < -0.3 is 10.2 Å². The number of likely N-dealkylation sites (N-methyl/N-ethyl adjacent to an activating group) is 1. The number of amides is 1. The fourth-order valence-electron chi connectivity index (χ4n) is 2.11. The lowest BCUT2D eigenvalue weighted by molar-refractivity contribution is -0.385. The van der Waals surface area contributed by atoms with Crippen molar-refractivity contribution in [1.29, 1.82) is 0 Å². The van der Waals surface area contributed by atoms with Gasteiger partial charge in [0.25, 0.3) is 11.6 Å². The summed E-state index contributed by atoms with van der Waals surface area (Å²) in [4.78, 5) is 25.5. The molecule has 0 aliphatic heterocycles. The maximum atomic E-state index is 12.2. The zero-order valence-electron chi connectivity index (χ0n) is 12.5. The van der Waals surface area contributed by atoms with Crippen LogP contribution in [-0.4, -0.2) is 36.4 Å². The minimum Gasteiger partial charge on any atom is -0.349 e. The molecule has 6 nitrogen and oxygen atoms in total. The van der Waals surface area contributed by atoms with Crippen LogP contribution < -0.4 is 5.32 Å². The Morgan fingerprint density at radius 1 is 1.50 bits per heavy atom. The molecule has 0 aliphatic carbocycles. The van der Waals surface area contributed by atoms with Crippen LogP contribution in [0.15, 0.2) is 22.9 Å². The third-order valence-corrected chi connectivity index (χ3v) is 5.06. The summed E-state index contributed by atoms with van der Waals surface area (Å²) >= 11 is 2.76. The number of nitrogens with zero attached hydrogens (tertiary/aromatic N) is 2. The van der Waals surface area contributed by atoms with Crippen LogP contribution in [0.3, 0.4) is 0 Å². The molecule has 8 heteroatoms. The third kappa shape index (κ3) is 3.70. The molecule has 22 heavy (non-hydrogen) atoms.